The summed E-state index contributed by atoms with van der Waals surface area (Å²) in [6, 6.07) is 13.3. The number of hydrogen-bond donors (Lipinski definition) is 3. The van der Waals surface area contributed by atoms with Gasteiger partial charge in [0.1, 0.15) is 5.75 Å². The highest BCUT2D eigenvalue weighted by atomic mass is 16.5. The Morgan fingerprint density at radius 1 is 0.933 bits per heavy atom. The Balaban J connectivity index is 1.91. The maximum absolute atomic E-state index is 12.4. The number of carbonyl (C=O) groups excluding carboxylic acids is 3. The topological polar surface area (TPSA) is 96.5 Å². The van der Waals surface area contributed by atoms with Crippen LogP contribution >= 0.6 is 0 Å². The molecule has 0 saturated carbocycles. The summed E-state index contributed by atoms with van der Waals surface area (Å²) in [5, 5.41) is 2.78. The van der Waals surface area contributed by atoms with E-state index in [1.54, 1.807) is 48.5 Å². The smallest absolute Gasteiger partial charge is 0.273 e. The molecular formula is C23H29N3O4. The molecule has 0 unspecified atom stereocenters. The van der Waals surface area contributed by atoms with Crippen LogP contribution < -0.4 is 20.9 Å². The first-order chi connectivity index (χ1) is 14.4. The van der Waals surface area contributed by atoms with Crippen LogP contribution in [0, 0.1) is 5.92 Å². The van der Waals surface area contributed by atoms with Crippen LogP contribution in [0.25, 0.3) is 0 Å². The van der Waals surface area contributed by atoms with Gasteiger partial charge in [-0.15, -0.1) is 0 Å². The number of ether oxygens (including phenoxy) is 1. The van der Waals surface area contributed by atoms with Gasteiger partial charge < -0.3 is 10.1 Å². The highest BCUT2D eigenvalue weighted by Crippen LogP contribution is 2.18. The third kappa shape index (κ3) is 7.24. The van der Waals surface area contributed by atoms with Gasteiger partial charge in [-0.1, -0.05) is 39.3 Å². The van der Waals surface area contributed by atoms with Crippen LogP contribution in [0.4, 0.5) is 5.69 Å². The fourth-order valence-electron chi connectivity index (χ4n) is 2.65. The van der Waals surface area contributed by atoms with Gasteiger partial charge >= 0.3 is 0 Å². The van der Waals surface area contributed by atoms with Gasteiger partial charge in [0.05, 0.1) is 12.2 Å². The van der Waals surface area contributed by atoms with E-state index in [0.717, 1.165) is 12.8 Å². The number of anilines is 1. The Bertz CT molecular complexity index is 863. The van der Waals surface area contributed by atoms with E-state index >= 15 is 0 Å². The second-order valence-corrected chi connectivity index (χ2v) is 7.33. The Hall–Kier alpha value is -3.35. The lowest BCUT2D eigenvalue weighted by atomic mass is 10.1. The van der Waals surface area contributed by atoms with Gasteiger partial charge in [-0.2, -0.15) is 0 Å². The van der Waals surface area contributed by atoms with Crippen molar-refractivity contribution >= 4 is 23.4 Å². The summed E-state index contributed by atoms with van der Waals surface area (Å²) in [5.41, 5.74) is 6.11. The molecule has 30 heavy (non-hydrogen) atoms. The second kappa shape index (κ2) is 11.6. The first kappa shape index (κ1) is 22.9. The molecule has 0 aliphatic carbocycles. The number of para-hydroxylation sites is 1. The van der Waals surface area contributed by atoms with E-state index in [1.807, 2.05) is 13.8 Å². The number of benzene rings is 2. The largest absolute Gasteiger partial charge is 0.493 e. The molecule has 2 aromatic carbocycles. The number of amides is 3. The average Bonchev–Trinajstić information content (AvgIpc) is 2.72. The Kier molecular flexibility index (Phi) is 8.87. The van der Waals surface area contributed by atoms with Crippen LogP contribution in [0.3, 0.4) is 0 Å². The second-order valence-electron chi connectivity index (χ2n) is 7.33. The highest BCUT2D eigenvalue weighted by Gasteiger charge is 2.14. The van der Waals surface area contributed by atoms with E-state index < -0.39 is 11.8 Å². The number of rotatable bonds is 9. The average molecular weight is 412 g/mol. The summed E-state index contributed by atoms with van der Waals surface area (Å²) < 4.78 is 5.65. The SMILES string of the molecule is CCCCOc1ccccc1C(=O)NNC(=O)c1ccc(NC(=O)CC(C)C)cc1. The zero-order valence-electron chi connectivity index (χ0n) is 17.7. The van der Waals surface area contributed by atoms with Crippen molar-refractivity contribution in [1.82, 2.24) is 10.9 Å². The Morgan fingerprint density at radius 3 is 2.27 bits per heavy atom. The van der Waals surface area contributed by atoms with Gasteiger partial charge in [-0.25, -0.2) is 0 Å². The van der Waals surface area contributed by atoms with E-state index in [-0.39, 0.29) is 11.8 Å². The van der Waals surface area contributed by atoms with E-state index in [0.29, 0.717) is 35.6 Å². The summed E-state index contributed by atoms with van der Waals surface area (Å²) in [6.45, 7) is 6.52. The molecule has 3 amide bonds. The van der Waals surface area contributed by atoms with Gasteiger partial charge in [0.15, 0.2) is 0 Å². The van der Waals surface area contributed by atoms with Crippen LogP contribution in [-0.4, -0.2) is 24.3 Å². The van der Waals surface area contributed by atoms with E-state index in [1.165, 1.54) is 0 Å². The van der Waals surface area contributed by atoms with E-state index in [2.05, 4.69) is 23.1 Å². The number of hydrogen-bond acceptors (Lipinski definition) is 4. The molecule has 0 atom stereocenters. The monoisotopic (exact) mass is 411 g/mol. The van der Waals surface area contributed by atoms with Crippen LogP contribution in [0.2, 0.25) is 0 Å². The van der Waals surface area contributed by atoms with Gasteiger partial charge in [0.25, 0.3) is 11.8 Å². The summed E-state index contributed by atoms with van der Waals surface area (Å²) >= 11 is 0. The molecule has 2 aromatic rings. The Labute approximate surface area is 177 Å². The van der Waals surface area contributed by atoms with Crippen molar-refractivity contribution in [3.8, 4) is 5.75 Å². The minimum Gasteiger partial charge on any atom is -0.493 e. The maximum atomic E-state index is 12.4. The van der Waals surface area contributed by atoms with Crippen molar-refractivity contribution < 1.29 is 19.1 Å². The van der Waals surface area contributed by atoms with Gasteiger partial charge in [0.2, 0.25) is 5.91 Å². The third-order valence-corrected chi connectivity index (χ3v) is 4.20. The lowest BCUT2D eigenvalue weighted by molar-refractivity contribution is -0.116. The molecule has 7 nitrogen and oxygen atoms in total. The molecule has 0 aliphatic rings. The number of unbranched alkanes of at least 4 members (excludes halogenated alkanes) is 1. The predicted octanol–water partition coefficient (Wildman–Crippen LogP) is 3.92. The zero-order chi connectivity index (χ0) is 21.9. The van der Waals surface area contributed by atoms with Crippen molar-refractivity contribution in [2.75, 3.05) is 11.9 Å². The summed E-state index contributed by atoms with van der Waals surface area (Å²) in [6.07, 6.45) is 2.31. The van der Waals surface area contributed by atoms with E-state index in [9.17, 15) is 14.4 Å². The van der Waals surface area contributed by atoms with Crippen molar-refractivity contribution in [2.24, 2.45) is 5.92 Å². The molecule has 7 heteroatoms. The van der Waals surface area contributed by atoms with E-state index in [4.69, 9.17) is 4.74 Å². The van der Waals surface area contributed by atoms with Crippen molar-refractivity contribution in [3.63, 3.8) is 0 Å². The molecule has 3 N–H and O–H groups in total. The lowest BCUT2D eigenvalue weighted by Gasteiger charge is -2.12. The number of carbonyl (C=O) groups is 3. The predicted molar refractivity (Wildman–Crippen MR) is 116 cm³/mol. The molecule has 0 spiro atoms. The van der Waals surface area contributed by atoms with Gasteiger partial charge in [-0.3, -0.25) is 25.2 Å². The molecule has 0 heterocycles. The first-order valence-corrected chi connectivity index (χ1v) is 10.1. The first-order valence-electron chi connectivity index (χ1n) is 10.1. The van der Waals surface area contributed by atoms with Crippen molar-refractivity contribution in [2.45, 2.75) is 40.0 Å². The lowest BCUT2D eigenvalue weighted by Crippen LogP contribution is -2.41. The van der Waals surface area contributed by atoms with Crippen LogP contribution in [-0.2, 0) is 4.79 Å². The highest BCUT2D eigenvalue weighted by molar-refractivity contribution is 6.00. The summed E-state index contributed by atoms with van der Waals surface area (Å²) in [4.78, 5) is 36.6. The van der Waals surface area contributed by atoms with Crippen LogP contribution in [0.1, 0.15) is 60.7 Å². The third-order valence-electron chi connectivity index (χ3n) is 4.20. The van der Waals surface area contributed by atoms with Crippen molar-refractivity contribution in [1.29, 1.82) is 0 Å². The molecule has 0 saturated heterocycles. The fourth-order valence-corrected chi connectivity index (χ4v) is 2.65. The van der Waals surface area contributed by atoms with Gasteiger partial charge in [-0.05, 0) is 48.7 Å². The molecule has 160 valence electrons. The fraction of sp³-hybridized carbons (Fsp3) is 0.348. The number of nitrogens with one attached hydrogen (secondary N) is 3. The molecule has 0 aliphatic heterocycles. The standard InChI is InChI=1S/C23H29N3O4/c1-4-5-14-30-20-9-7-6-8-19(20)23(29)26-25-22(28)17-10-12-18(13-11-17)24-21(27)15-16(2)3/h6-13,16H,4-5,14-15H2,1-3H3,(H,24,27)(H,25,28)(H,26,29). The summed E-state index contributed by atoms with van der Waals surface area (Å²) in [5.74, 6) is -0.268. The maximum Gasteiger partial charge on any atom is 0.273 e. The minimum absolute atomic E-state index is 0.0747. The summed E-state index contributed by atoms with van der Waals surface area (Å²) in [7, 11) is 0. The Morgan fingerprint density at radius 2 is 1.60 bits per heavy atom. The minimum atomic E-state index is -0.465. The molecule has 0 aromatic heterocycles. The quantitative estimate of drug-likeness (QED) is 0.430. The molecule has 0 bridgehead atoms. The molecule has 0 radical (unpaired) electrons. The van der Waals surface area contributed by atoms with Crippen LogP contribution in [0.5, 0.6) is 5.75 Å². The zero-order valence-corrected chi connectivity index (χ0v) is 17.7. The molecule has 0 fully saturated rings. The molecular weight excluding hydrogens is 382 g/mol. The normalized spacial score (nSPS) is 10.4. The van der Waals surface area contributed by atoms with Crippen molar-refractivity contribution in [3.05, 3.63) is 59.7 Å². The van der Waals surface area contributed by atoms with Crippen LogP contribution in [0.15, 0.2) is 48.5 Å². The number of hydrazine groups is 1. The van der Waals surface area contributed by atoms with Gasteiger partial charge in [0, 0.05) is 17.7 Å². The molecule has 2 rings (SSSR count).